The van der Waals surface area contributed by atoms with Gasteiger partial charge in [0.1, 0.15) is 0 Å². The van der Waals surface area contributed by atoms with Gasteiger partial charge in [-0.05, 0) is 31.1 Å². The minimum absolute atomic E-state index is 0.0578. The smallest absolute Gasteiger partial charge is 0.224 e. The van der Waals surface area contributed by atoms with Gasteiger partial charge in [0.25, 0.3) is 0 Å². The van der Waals surface area contributed by atoms with Gasteiger partial charge in [0.15, 0.2) is 0 Å². The molecule has 3 unspecified atom stereocenters. The first-order valence-corrected chi connectivity index (χ1v) is 6.03. The van der Waals surface area contributed by atoms with Crippen LogP contribution < -0.4 is 11.1 Å². The van der Waals surface area contributed by atoms with E-state index in [9.17, 15) is 4.79 Å². The summed E-state index contributed by atoms with van der Waals surface area (Å²) in [5, 5.41) is 3.11. The highest BCUT2D eigenvalue weighted by molar-refractivity contribution is 5.78. The number of rotatable bonds is 3. The van der Waals surface area contributed by atoms with Crippen molar-refractivity contribution in [2.45, 2.75) is 46.1 Å². The second-order valence-electron chi connectivity index (χ2n) is 5.26. The fraction of sp³-hybridized carbons (Fsp3) is 0.917. The molecule has 0 bridgehead atoms. The molecule has 3 atom stereocenters. The standard InChI is InChI=1S/C12H24N2O/c1-8-4-9(2)6-11(5-8)14-12(15)10(3)7-13/h8-11H,4-7,13H2,1-3H3,(H,14,15). The predicted molar refractivity (Wildman–Crippen MR) is 62.3 cm³/mol. The molecule has 0 heterocycles. The average molecular weight is 212 g/mol. The Balaban J connectivity index is 2.40. The summed E-state index contributed by atoms with van der Waals surface area (Å²) in [7, 11) is 0. The Kier molecular flexibility index (Phi) is 4.58. The Morgan fingerprint density at radius 1 is 1.33 bits per heavy atom. The molecule has 0 aromatic rings. The van der Waals surface area contributed by atoms with Gasteiger partial charge in [-0.2, -0.15) is 0 Å². The molecule has 0 spiro atoms. The molecule has 1 aliphatic carbocycles. The maximum Gasteiger partial charge on any atom is 0.224 e. The Morgan fingerprint density at radius 2 is 1.87 bits per heavy atom. The van der Waals surface area contributed by atoms with Gasteiger partial charge in [-0.1, -0.05) is 20.8 Å². The van der Waals surface area contributed by atoms with E-state index >= 15 is 0 Å². The first-order chi connectivity index (χ1) is 7.02. The number of amides is 1. The molecule has 3 nitrogen and oxygen atoms in total. The van der Waals surface area contributed by atoms with Crippen molar-refractivity contribution in [1.29, 1.82) is 0 Å². The van der Waals surface area contributed by atoms with Crippen molar-refractivity contribution in [1.82, 2.24) is 5.32 Å². The van der Waals surface area contributed by atoms with Crippen LogP contribution in [0.2, 0.25) is 0 Å². The molecule has 15 heavy (non-hydrogen) atoms. The monoisotopic (exact) mass is 212 g/mol. The van der Waals surface area contributed by atoms with Gasteiger partial charge < -0.3 is 11.1 Å². The summed E-state index contributed by atoms with van der Waals surface area (Å²) in [6.45, 7) is 6.84. The van der Waals surface area contributed by atoms with E-state index < -0.39 is 0 Å². The molecule has 1 fully saturated rings. The van der Waals surface area contributed by atoms with Gasteiger partial charge in [-0.25, -0.2) is 0 Å². The van der Waals surface area contributed by atoms with E-state index in [4.69, 9.17) is 5.73 Å². The second-order valence-corrected chi connectivity index (χ2v) is 5.26. The van der Waals surface area contributed by atoms with Crippen LogP contribution in [0, 0.1) is 17.8 Å². The molecule has 88 valence electrons. The lowest BCUT2D eigenvalue weighted by Crippen LogP contribution is -2.43. The lowest BCUT2D eigenvalue weighted by molar-refractivity contribution is -0.125. The van der Waals surface area contributed by atoms with Gasteiger partial charge in [0, 0.05) is 18.5 Å². The van der Waals surface area contributed by atoms with Gasteiger partial charge in [0.2, 0.25) is 5.91 Å². The van der Waals surface area contributed by atoms with Crippen molar-refractivity contribution in [3.8, 4) is 0 Å². The molecule has 3 heteroatoms. The first-order valence-electron chi connectivity index (χ1n) is 6.03. The van der Waals surface area contributed by atoms with Crippen molar-refractivity contribution < 1.29 is 4.79 Å². The summed E-state index contributed by atoms with van der Waals surface area (Å²) in [6.07, 6.45) is 3.53. The lowest BCUT2D eigenvalue weighted by Gasteiger charge is -2.32. The Hall–Kier alpha value is -0.570. The van der Waals surface area contributed by atoms with Gasteiger partial charge in [-0.15, -0.1) is 0 Å². The van der Waals surface area contributed by atoms with Crippen LogP contribution in [0.1, 0.15) is 40.0 Å². The van der Waals surface area contributed by atoms with Gasteiger partial charge >= 0.3 is 0 Å². The molecule has 0 saturated heterocycles. The summed E-state index contributed by atoms with van der Waals surface area (Å²) in [5.41, 5.74) is 5.47. The van der Waals surface area contributed by atoms with Crippen molar-refractivity contribution in [2.75, 3.05) is 6.54 Å². The van der Waals surface area contributed by atoms with Crippen molar-refractivity contribution in [3.05, 3.63) is 0 Å². The third-order valence-corrected chi connectivity index (χ3v) is 3.33. The maximum atomic E-state index is 11.7. The number of hydrogen-bond acceptors (Lipinski definition) is 2. The fourth-order valence-electron chi connectivity index (χ4n) is 2.52. The largest absolute Gasteiger partial charge is 0.353 e. The highest BCUT2D eigenvalue weighted by Crippen LogP contribution is 2.28. The second kappa shape index (κ2) is 5.50. The Labute approximate surface area is 92.8 Å². The van der Waals surface area contributed by atoms with Crippen LogP contribution in [0.5, 0.6) is 0 Å². The van der Waals surface area contributed by atoms with Crippen LogP contribution in [-0.2, 0) is 4.79 Å². The van der Waals surface area contributed by atoms with E-state index in [2.05, 4.69) is 19.2 Å². The highest BCUT2D eigenvalue weighted by Gasteiger charge is 2.25. The van der Waals surface area contributed by atoms with Crippen molar-refractivity contribution in [3.63, 3.8) is 0 Å². The average Bonchev–Trinajstić information content (AvgIpc) is 2.14. The minimum Gasteiger partial charge on any atom is -0.353 e. The molecule has 0 aliphatic heterocycles. The molecule has 1 amide bonds. The normalized spacial score (nSPS) is 33.5. The summed E-state index contributed by atoms with van der Waals surface area (Å²) < 4.78 is 0. The third kappa shape index (κ3) is 3.82. The zero-order valence-corrected chi connectivity index (χ0v) is 10.1. The number of nitrogens with one attached hydrogen (secondary N) is 1. The lowest BCUT2D eigenvalue weighted by atomic mass is 9.80. The van der Waals surface area contributed by atoms with Gasteiger partial charge in [-0.3, -0.25) is 4.79 Å². The number of hydrogen-bond donors (Lipinski definition) is 2. The summed E-state index contributed by atoms with van der Waals surface area (Å²) >= 11 is 0. The Bertz CT molecular complexity index is 208. The zero-order valence-electron chi connectivity index (χ0n) is 10.1. The zero-order chi connectivity index (χ0) is 11.4. The molecule has 1 saturated carbocycles. The number of carbonyl (C=O) groups excluding carboxylic acids is 1. The molecule has 1 aliphatic rings. The van der Waals surface area contributed by atoms with Crippen LogP contribution >= 0.6 is 0 Å². The fourth-order valence-corrected chi connectivity index (χ4v) is 2.52. The third-order valence-electron chi connectivity index (χ3n) is 3.33. The Morgan fingerprint density at radius 3 is 2.33 bits per heavy atom. The van der Waals surface area contributed by atoms with E-state index in [1.807, 2.05) is 6.92 Å². The number of carbonyl (C=O) groups is 1. The summed E-state index contributed by atoms with van der Waals surface area (Å²) in [4.78, 5) is 11.7. The van der Waals surface area contributed by atoms with Crippen molar-refractivity contribution >= 4 is 5.91 Å². The minimum atomic E-state index is -0.0578. The summed E-state index contributed by atoms with van der Waals surface area (Å²) in [5.74, 6) is 1.51. The molecule has 0 aromatic heterocycles. The molecule has 3 N–H and O–H groups in total. The SMILES string of the molecule is CC1CC(C)CC(NC(=O)C(C)CN)C1. The van der Waals surface area contributed by atoms with Crippen molar-refractivity contribution in [2.24, 2.45) is 23.5 Å². The van der Waals surface area contributed by atoms with Crippen LogP contribution in [0.4, 0.5) is 0 Å². The van der Waals surface area contributed by atoms with E-state index in [0.717, 1.165) is 24.7 Å². The molecule has 0 aromatic carbocycles. The molecular weight excluding hydrogens is 188 g/mol. The van der Waals surface area contributed by atoms with E-state index in [0.29, 0.717) is 12.6 Å². The quantitative estimate of drug-likeness (QED) is 0.745. The molecule has 0 radical (unpaired) electrons. The first kappa shape index (κ1) is 12.5. The molecule has 1 rings (SSSR count). The van der Waals surface area contributed by atoms with Crippen LogP contribution in [-0.4, -0.2) is 18.5 Å². The van der Waals surface area contributed by atoms with E-state index in [-0.39, 0.29) is 11.8 Å². The van der Waals surface area contributed by atoms with Crippen LogP contribution in [0.3, 0.4) is 0 Å². The molecular formula is C12H24N2O. The number of nitrogens with two attached hydrogens (primary N) is 1. The highest BCUT2D eigenvalue weighted by atomic mass is 16.1. The summed E-state index contributed by atoms with van der Waals surface area (Å²) in [6, 6.07) is 0.366. The maximum absolute atomic E-state index is 11.7. The van der Waals surface area contributed by atoms with Crippen LogP contribution in [0.15, 0.2) is 0 Å². The van der Waals surface area contributed by atoms with Gasteiger partial charge in [0.05, 0.1) is 0 Å². The topological polar surface area (TPSA) is 55.1 Å². The predicted octanol–water partition coefficient (Wildman–Crippen LogP) is 1.52. The van der Waals surface area contributed by atoms with E-state index in [1.54, 1.807) is 0 Å². The van der Waals surface area contributed by atoms with E-state index in [1.165, 1.54) is 6.42 Å². The van der Waals surface area contributed by atoms with Crippen LogP contribution in [0.25, 0.3) is 0 Å².